The molecule has 29 heavy (non-hydrogen) atoms. The van der Waals surface area contributed by atoms with E-state index in [0.717, 1.165) is 15.6 Å². The van der Waals surface area contributed by atoms with E-state index < -0.39 is 22.2 Å². The van der Waals surface area contributed by atoms with Crippen LogP contribution in [0, 0.1) is 0 Å². The van der Waals surface area contributed by atoms with Crippen molar-refractivity contribution in [3.8, 4) is 5.75 Å². The van der Waals surface area contributed by atoms with Crippen molar-refractivity contribution in [2.24, 2.45) is 0 Å². The predicted molar refractivity (Wildman–Crippen MR) is 118 cm³/mol. The van der Waals surface area contributed by atoms with Crippen molar-refractivity contribution in [2.75, 3.05) is 0 Å². The Balaban J connectivity index is 1.85. The zero-order chi connectivity index (χ0) is 20.6. The third-order valence-electron chi connectivity index (χ3n) is 5.02. The first kappa shape index (κ1) is 20.4. The fourth-order valence-corrected chi connectivity index (χ4v) is 5.69. The highest BCUT2D eigenvalue weighted by atomic mass is 79.9. The van der Waals surface area contributed by atoms with Crippen LogP contribution in [0.15, 0.2) is 82.2 Å². The van der Waals surface area contributed by atoms with Gasteiger partial charge in [-0.2, -0.15) is 4.31 Å². The lowest BCUT2D eigenvalue weighted by Crippen LogP contribution is -2.41. The van der Waals surface area contributed by atoms with Crippen LogP contribution in [0.2, 0.25) is 5.02 Å². The number of hydrogen-bond donors (Lipinski definition) is 0. The summed E-state index contributed by atoms with van der Waals surface area (Å²) in [6.45, 7) is 2.11. The van der Waals surface area contributed by atoms with Crippen LogP contribution >= 0.6 is 27.5 Å². The first-order valence-electron chi connectivity index (χ1n) is 9.14. The molecular formula is C22H19BrClNO3S. The van der Waals surface area contributed by atoms with Gasteiger partial charge >= 0.3 is 0 Å². The van der Waals surface area contributed by atoms with Crippen molar-refractivity contribution in [1.82, 2.24) is 4.31 Å². The van der Waals surface area contributed by atoms with Gasteiger partial charge in [0.1, 0.15) is 16.7 Å². The van der Waals surface area contributed by atoms with Gasteiger partial charge in [-0.1, -0.05) is 70.0 Å². The molecule has 0 radical (unpaired) electrons. The highest BCUT2D eigenvalue weighted by molar-refractivity contribution is 9.10. The van der Waals surface area contributed by atoms with Gasteiger partial charge in [0.05, 0.1) is 6.04 Å². The largest absolute Gasteiger partial charge is 0.483 e. The summed E-state index contributed by atoms with van der Waals surface area (Å²) >= 11 is 9.41. The van der Waals surface area contributed by atoms with E-state index in [-0.39, 0.29) is 11.4 Å². The second kappa shape index (κ2) is 8.11. The molecule has 1 aliphatic heterocycles. The number of fused-ring (bicyclic) bond motifs is 1. The zero-order valence-corrected chi connectivity index (χ0v) is 18.8. The Morgan fingerprint density at radius 2 is 1.72 bits per heavy atom. The number of benzene rings is 3. The zero-order valence-electron chi connectivity index (χ0n) is 15.6. The molecule has 4 nitrogen and oxygen atoms in total. The van der Waals surface area contributed by atoms with E-state index in [2.05, 4.69) is 15.9 Å². The molecule has 0 amide bonds. The maximum Gasteiger partial charge on any atom is 0.247 e. The molecule has 0 N–H and O–H groups in total. The van der Waals surface area contributed by atoms with Crippen molar-refractivity contribution >= 4 is 37.6 Å². The molecule has 0 saturated carbocycles. The first-order chi connectivity index (χ1) is 13.9. The summed E-state index contributed by atoms with van der Waals surface area (Å²) in [5.41, 5.74) is 1.78. The van der Waals surface area contributed by atoms with Gasteiger partial charge in [0.25, 0.3) is 0 Å². The Morgan fingerprint density at radius 3 is 2.41 bits per heavy atom. The number of rotatable bonds is 3. The highest BCUT2D eigenvalue weighted by Crippen LogP contribution is 2.40. The van der Waals surface area contributed by atoms with Crippen LogP contribution in [0.4, 0.5) is 0 Å². The van der Waals surface area contributed by atoms with Crippen LogP contribution in [-0.4, -0.2) is 18.8 Å². The maximum atomic E-state index is 13.6. The molecule has 3 aromatic rings. The van der Waals surface area contributed by atoms with Crippen LogP contribution in [0.5, 0.6) is 5.75 Å². The molecule has 0 saturated heterocycles. The van der Waals surface area contributed by atoms with Crippen LogP contribution < -0.4 is 4.74 Å². The van der Waals surface area contributed by atoms with Gasteiger partial charge in [-0.25, -0.2) is 8.42 Å². The molecule has 0 spiro atoms. The summed E-state index contributed by atoms with van der Waals surface area (Å²) < 4.78 is 35.8. The average molecular weight is 493 g/mol. The van der Waals surface area contributed by atoms with Gasteiger partial charge in [-0.15, -0.1) is 0 Å². The second-order valence-corrected chi connectivity index (χ2v) is 10.2. The highest BCUT2D eigenvalue weighted by Gasteiger charge is 2.40. The predicted octanol–water partition coefficient (Wildman–Crippen LogP) is 5.82. The van der Waals surface area contributed by atoms with Crippen LogP contribution in [0.25, 0.3) is 0 Å². The SMILES string of the molecule is C[C@H]1[C@H](c2ccccc2)Oc2cc(Br)ccc2S(=O)(=O)N1Cc1ccc(Cl)cc1. The molecule has 4 rings (SSSR count). The lowest BCUT2D eigenvalue weighted by Gasteiger charge is -2.30. The Morgan fingerprint density at radius 1 is 1.03 bits per heavy atom. The van der Waals surface area contributed by atoms with Crippen LogP contribution in [0.3, 0.4) is 0 Å². The van der Waals surface area contributed by atoms with E-state index in [9.17, 15) is 8.42 Å². The molecule has 150 valence electrons. The summed E-state index contributed by atoms with van der Waals surface area (Å²) in [6, 6.07) is 21.5. The van der Waals surface area contributed by atoms with Gasteiger partial charge in [0, 0.05) is 16.0 Å². The molecule has 7 heteroatoms. The van der Waals surface area contributed by atoms with Crippen LogP contribution in [-0.2, 0) is 16.6 Å². The smallest absolute Gasteiger partial charge is 0.247 e. The molecule has 0 aliphatic carbocycles. The van der Waals surface area contributed by atoms with Gasteiger partial charge in [0.2, 0.25) is 10.0 Å². The minimum Gasteiger partial charge on any atom is -0.483 e. The fraction of sp³-hybridized carbons (Fsp3) is 0.182. The van der Waals surface area contributed by atoms with Crippen molar-refractivity contribution in [1.29, 1.82) is 0 Å². The monoisotopic (exact) mass is 491 g/mol. The van der Waals surface area contributed by atoms with Gasteiger partial charge in [0.15, 0.2) is 0 Å². The molecule has 1 heterocycles. The quantitative estimate of drug-likeness (QED) is 0.463. The molecule has 0 aromatic heterocycles. The molecular weight excluding hydrogens is 474 g/mol. The van der Waals surface area contributed by atoms with Gasteiger partial charge < -0.3 is 4.74 Å². The van der Waals surface area contributed by atoms with E-state index in [1.54, 1.807) is 30.3 Å². The fourth-order valence-electron chi connectivity index (χ4n) is 3.51. The van der Waals surface area contributed by atoms with E-state index >= 15 is 0 Å². The summed E-state index contributed by atoms with van der Waals surface area (Å²) in [5.74, 6) is 0.346. The number of sulfonamides is 1. The van der Waals surface area contributed by atoms with Crippen molar-refractivity contribution in [3.05, 3.63) is 93.4 Å². The molecule has 2 atom stereocenters. The van der Waals surface area contributed by atoms with E-state index in [0.29, 0.717) is 10.8 Å². The summed E-state index contributed by atoms with van der Waals surface area (Å²) in [7, 11) is -3.78. The third-order valence-corrected chi connectivity index (χ3v) is 7.74. The van der Waals surface area contributed by atoms with Crippen LogP contribution in [0.1, 0.15) is 24.2 Å². The molecule has 1 aliphatic rings. The molecule has 3 aromatic carbocycles. The van der Waals surface area contributed by atoms with Crippen molar-refractivity contribution in [2.45, 2.75) is 30.5 Å². The Kier molecular flexibility index (Phi) is 5.71. The Labute approximate surface area is 184 Å². The van der Waals surface area contributed by atoms with E-state index in [4.69, 9.17) is 16.3 Å². The number of ether oxygens (including phenoxy) is 1. The minimum atomic E-state index is -3.78. The number of hydrogen-bond acceptors (Lipinski definition) is 3. The molecule has 0 unspecified atom stereocenters. The summed E-state index contributed by atoms with van der Waals surface area (Å²) in [5, 5.41) is 0.612. The Bertz CT molecular complexity index is 1120. The number of nitrogens with zero attached hydrogens (tertiary/aromatic N) is 1. The van der Waals surface area contributed by atoms with Crippen molar-refractivity contribution in [3.63, 3.8) is 0 Å². The van der Waals surface area contributed by atoms with E-state index in [1.807, 2.05) is 49.4 Å². The van der Waals surface area contributed by atoms with E-state index in [1.165, 1.54) is 4.31 Å². The first-order valence-corrected chi connectivity index (χ1v) is 11.7. The average Bonchev–Trinajstić information content (AvgIpc) is 2.78. The number of halogens is 2. The standard InChI is InChI=1S/C22H19BrClNO3S/c1-15-22(17-5-3-2-4-6-17)28-20-13-18(23)9-12-21(20)29(26,27)25(15)14-16-7-10-19(24)11-8-16/h2-13,15,22H,14H2,1H3/t15-,22+/m0/s1. The maximum absolute atomic E-state index is 13.6. The lowest BCUT2D eigenvalue weighted by atomic mass is 10.0. The normalized spacial score (nSPS) is 21.1. The van der Waals surface area contributed by atoms with Gasteiger partial charge in [-0.05, 0) is 48.4 Å². The third kappa shape index (κ3) is 4.08. The lowest BCUT2D eigenvalue weighted by molar-refractivity contribution is 0.124. The Hall–Kier alpha value is -1.86. The summed E-state index contributed by atoms with van der Waals surface area (Å²) in [6.07, 6.45) is -0.450. The van der Waals surface area contributed by atoms with Gasteiger partial charge in [-0.3, -0.25) is 0 Å². The topological polar surface area (TPSA) is 46.6 Å². The molecule has 0 bridgehead atoms. The van der Waals surface area contributed by atoms with Crippen molar-refractivity contribution < 1.29 is 13.2 Å². The summed E-state index contributed by atoms with van der Waals surface area (Å²) in [4.78, 5) is 0.167. The minimum absolute atomic E-state index is 0.167. The second-order valence-electron chi connectivity index (χ2n) is 6.96. The molecule has 0 fully saturated rings.